The summed E-state index contributed by atoms with van der Waals surface area (Å²) in [6.07, 6.45) is 4.33. The van der Waals surface area contributed by atoms with Gasteiger partial charge in [0.1, 0.15) is 0 Å². The third-order valence-electron chi connectivity index (χ3n) is 4.00. The van der Waals surface area contributed by atoms with Crippen molar-refractivity contribution >= 4 is 11.6 Å². The molecule has 17 heavy (non-hydrogen) atoms. The fraction of sp³-hybridized carbons (Fsp3) is 0.571. The minimum Gasteiger partial charge on any atom is -0.391 e. The Morgan fingerprint density at radius 3 is 2.71 bits per heavy atom. The number of halogens is 1. The predicted molar refractivity (Wildman–Crippen MR) is 69.3 cm³/mol. The SMILES string of the molecule is O[C@@H]1Cc2ccc(Cl)cc2[C@H]1N1CCCCC1. The molecule has 1 aromatic carbocycles. The normalized spacial score (nSPS) is 29.3. The van der Waals surface area contributed by atoms with Crippen LogP contribution in [-0.2, 0) is 6.42 Å². The van der Waals surface area contributed by atoms with E-state index in [-0.39, 0.29) is 12.1 Å². The second kappa shape index (κ2) is 4.60. The standard InChI is InChI=1S/C14H18ClNO/c15-11-5-4-10-8-13(17)14(12(10)9-11)16-6-2-1-3-7-16/h4-5,9,13-14,17H,1-3,6-8H2/t13-,14-/m1/s1. The molecule has 0 saturated carbocycles. The average Bonchev–Trinajstić information content (AvgIpc) is 2.65. The number of nitrogens with zero attached hydrogens (tertiary/aromatic N) is 1. The summed E-state index contributed by atoms with van der Waals surface area (Å²) in [4.78, 5) is 2.43. The van der Waals surface area contributed by atoms with Crippen molar-refractivity contribution in [2.24, 2.45) is 0 Å². The van der Waals surface area contributed by atoms with Crippen LogP contribution in [0.5, 0.6) is 0 Å². The Morgan fingerprint density at radius 1 is 1.18 bits per heavy atom. The molecule has 92 valence electrons. The number of hydrogen-bond donors (Lipinski definition) is 1. The lowest BCUT2D eigenvalue weighted by Crippen LogP contribution is -2.37. The van der Waals surface area contributed by atoms with Crippen LogP contribution in [0.3, 0.4) is 0 Å². The van der Waals surface area contributed by atoms with Gasteiger partial charge in [-0.2, -0.15) is 0 Å². The molecule has 0 aromatic heterocycles. The Balaban J connectivity index is 1.92. The smallest absolute Gasteiger partial charge is 0.0777 e. The second-order valence-corrected chi connectivity index (χ2v) is 5.59. The summed E-state index contributed by atoms with van der Waals surface area (Å²) in [6.45, 7) is 2.21. The lowest BCUT2D eigenvalue weighted by molar-refractivity contribution is 0.0496. The third-order valence-corrected chi connectivity index (χ3v) is 4.24. The summed E-state index contributed by atoms with van der Waals surface area (Å²) in [7, 11) is 0. The quantitative estimate of drug-likeness (QED) is 0.830. The van der Waals surface area contributed by atoms with E-state index in [1.165, 1.54) is 30.4 Å². The van der Waals surface area contributed by atoms with Crippen molar-refractivity contribution in [3.63, 3.8) is 0 Å². The molecule has 2 aliphatic rings. The molecule has 0 unspecified atom stereocenters. The van der Waals surface area contributed by atoms with E-state index in [1.807, 2.05) is 12.1 Å². The first-order valence-corrected chi connectivity index (χ1v) is 6.84. The molecule has 1 N–H and O–H groups in total. The highest BCUT2D eigenvalue weighted by atomic mass is 35.5. The number of aliphatic hydroxyl groups is 1. The van der Waals surface area contributed by atoms with Crippen molar-refractivity contribution in [2.45, 2.75) is 37.8 Å². The van der Waals surface area contributed by atoms with E-state index in [0.717, 1.165) is 24.5 Å². The predicted octanol–water partition coefficient (Wildman–Crippen LogP) is 2.78. The molecule has 1 aliphatic carbocycles. The van der Waals surface area contributed by atoms with E-state index in [2.05, 4.69) is 11.0 Å². The summed E-state index contributed by atoms with van der Waals surface area (Å²) >= 11 is 6.08. The van der Waals surface area contributed by atoms with E-state index >= 15 is 0 Å². The van der Waals surface area contributed by atoms with Crippen LogP contribution < -0.4 is 0 Å². The number of aliphatic hydroxyl groups excluding tert-OH is 1. The second-order valence-electron chi connectivity index (χ2n) is 5.16. The van der Waals surface area contributed by atoms with Crippen LogP contribution in [0.25, 0.3) is 0 Å². The minimum atomic E-state index is -0.262. The van der Waals surface area contributed by atoms with Crippen LogP contribution in [0, 0.1) is 0 Å². The van der Waals surface area contributed by atoms with Crippen LogP contribution in [0.4, 0.5) is 0 Å². The number of rotatable bonds is 1. The maximum absolute atomic E-state index is 10.3. The van der Waals surface area contributed by atoms with Crippen LogP contribution in [0.2, 0.25) is 5.02 Å². The number of hydrogen-bond acceptors (Lipinski definition) is 2. The number of likely N-dealkylation sites (tertiary alicyclic amines) is 1. The summed E-state index contributed by atoms with van der Waals surface area (Å²) in [5, 5.41) is 11.0. The molecule has 1 saturated heterocycles. The Labute approximate surface area is 107 Å². The number of benzene rings is 1. The molecule has 1 aromatic rings. The molecule has 1 aliphatic heterocycles. The van der Waals surface area contributed by atoms with E-state index < -0.39 is 0 Å². The molecule has 0 radical (unpaired) electrons. The molecule has 3 rings (SSSR count). The maximum atomic E-state index is 10.3. The zero-order chi connectivity index (χ0) is 11.8. The zero-order valence-corrected chi connectivity index (χ0v) is 10.7. The Morgan fingerprint density at radius 2 is 1.94 bits per heavy atom. The van der Waals surface area contributed by atoms with E-state index in [0.29, 0.717) is 0 Å². The molecule has 1 fully saturated rings. The molecule has 0 amide bonds. The molecular formula is C14H18ClNO. The van der Waals surface area contributed by atoms with Crippen LogP contribution in [0.15, 0.2) is 18.2 Å². The summed E-state index contributed by atoms with van der Waals surface area (Å²) in [6, 6.07) is 6.19. The van der Waals surface area contributed by atoms with Crippen molar-refractivity contribution in [1.29, 1.82) is 0 Å². The van der Waals surface area contributed by atoms with Crippen molar-refractivity contribution in [2.75, 3.05) is 13.1 Å². The fourth-order valence-corrected chi connectivity index (χ4v) is 3.39. The van der Waals surface area contributed by atoms with Gasteiger partial charge in [0.05, 0.1) is 12.1 Å². The largest absolute Gasteiger partial charge is 0.391 e. The van der Waals surface area contributed by atoms with Crippen molar-refractivity contribution in [3.8, 4) is 0 Å². The average molecular weight is 252 g/mol. The number of fused-ring (bicyclic) bond motifs is 1. The van der Waals surface area contributed by atoms with Gasteiger partial charge in [-0.25, -0.2) is 0 Å². The van der Waals surface area contributed by atoms with Crippen LogP contribution in [-0.4, -0.2) is 29.2 Å². The summed E-state index contributed by atoms with van der Waals surface area (Å²) in [5.41, 5.74) is 2.50. The van der Waals surface area contributed by atoms with Crippen molar-refractivity contribution in [1.82, 2.24) is 4.90 Å². The van der Waals surface area contributed by atoms with Gasteiger partial charge in [-0.15, -0.1) is 0 Å². The van der Waals surface area contributed by atoms with Crippen molar-refractivity contribution in [3.05, 3.63) is 34.3 Å². The molecule has 2 nitrogen and oxygen atoms in total. The Kier molecular flexibility index (Phi) is 3.12. The lowest BCUT2D eigenvalue weighted by Gasteiger charge is -2.34. The van der Waals surface area contributed by atoms with Gasteiger partial charge in [-0.1, -0.05) is 24.1 Å². The first kappa shape index (κ1) is 11.5. The van der Waals surface area contributed by atoms with E-state index in [4.69, 9.17) is 11.6 Å². The maximum Gasteiger partial charge on any atom is 0.0777 e. The molecule has 0 bridgehead atoms. The highest BCUT2D eigenvalue weighted by molar-refractivity contribution is 6.30. The van der Waals surface area contributed by atoms with Gasteiger partial charge in [0.15, 0.2) is 0 Å². The molecular weight excluding hydrogens is 234 g/mol. The van der Waals surface area contributed by atoms with Gasteiger partial charge in [0.2, 0.25) is 0 Å². The van der Waals surface area contributed by atoms with E-state index in [1.54, 1.807) is 0 Å². The zero-order valence-electron chi connectivity index (χ0n) is 9.90. The first-order chi connectivity index (χ1) is 8.25. The third kappa shape index (κ3) is 2.10. The number of piperidine rings is 1. The summed E-state index contributed by atoms with van der Waals surface area (Å²) < 4.78 is 0. The van der Waals surface area contributed by atoms with Gasteiger partial charge < -0.3 is 5.11 Å². The van der Waals surface area contributed by atoms with Crippen LogP contribution in [0.1, 0.15) is 36.4 Å². The molecule has 2 atom stereocenters. The summed E-state index contributed by atoms with van der Waals surface area (Å²) in [5.74, 6) is 0. The first-order valence-electron chi connectivity index (χ1n) is 6.46. The Hall–Kier alpha value is -0.570. The van der Waals surface area contributed by atoms with E-state index in [9.17, 15) is 5.11 Å². The highest BCUT2D eigenvalue weighted by Crippen LogP contribution is 2.38. The Bertz CT molecular complexity index is 415. The van der Waals surface area contributed by atoms with Crippen LogP contribution >= 0.6 is 11.6 Å². The minimum absolute atomic E-state index is 0.170. The monoisotopic (exact) mass is 251 g/mol. The van der Waals surface area contributed by atoms with Gasteiger partial charge in [0, 0.05) is 11.4 Å². The fourth-order valence-electron chi connectivity index (χ4n) is 3.21. The van der Waals surface area contributed by atoms with Crippen molar-refractivity contribution < 1.29 is 5.11 Å². The topological polar surface area (TPSA) is 23.5 Å². The molecule has 0 spiro atoms. The van der Waals surface area contributed by atoms with Gasteiger partial charge in [0.25, 0.3) is 0 Å². The molecule has 3 heteroatoms. The lowest BCUT2D eigenvalue weighted by atomic mass is 10.0. The van der Waals surface area contributed by atoms with Gasteiger partial charge in [-0.05, 0) is 49.2 Å². The molecule has 1 heterocycles. The van der Waals surface area contributed by atoms with Gasteiger partial charge in [-0.3, -0.25) is 4.90 Å². The highest BCUT2D eigenvalue weighted by Gasteiger charge is 2.35. The van der Waals surface area contributed by atoms with Gasteiger partial charge >= 0.3 is 0 Å².